The highest BCUT2D eigenvalue weighted by molar-refractivity contribution is 6.40. The average molecular weight is 679 g/mol. The molecule has 15 heteroatoms. The Bertz CT molecular complexity index is 1780. The van der Waals surface area contributed by atoms with Gasteiger partial charge in [-0.2, -0.15) is 0 Å². The molecule has 0 spiro atoms. The first-order chi connectivity index (χ1) is 21.2. The number of amidine groups is 1. The van der Waals surface area contributed by atoms with Gasteiger partial charge < -0.3 is 30.9 Å². The topological polar surface area (TPSA) is 139 Å². The predicted octanol–water partition coefficient (Wildman–Crippen LogP) is 5.68. The quantitative estimate of drug-likeness (QED) is 0.155. The van der Waals surface area contributed by atoms with Crippen LogP contribution in [0.15, 0.2) is 31.0 Å². The van der Waals surface area contributed by atoms with E-state index in [-0.39, 0.29) is 64.5 Å². The number of hydrogen-bond acceptors (Lipinski definition) is 7. The molecule has 45 heavy (non-hydrogen) atoms. The number of fused-ring (bicyclic) bond motifs is 2. The molecule has 3 heterocycles. The normalized spacial score (nSPS) is 17.1. The highest BCUT2D eigenvalue weighted by Crippen LogP contribution is 2.51. The molecule has 1 fully saturated rings. The second-order valence-corrected chi connectivity index (χ2v) is 11.9. The van der Waals surface area contributed by atoms with Crippen LogP contribution in [0, 0.1) is 24.0 Å². The lowest BCUT2D eigenvalue weighted by molar-refractivity contribution is -0.131. The molecule has 2 aliphatic heterocycles. The molecule has 1 aromatic heterocycles. The number of aliphatic hydroxyl groups excluding tert-OH is 1. The first-order valence-corrected chi connectivity index (χ1v) is 14.8. The lowest BCUT2D eigenvalue weighted by Crippen LogP contribution is -2.60. The number of carbonyl (C=O) groups excluding carboxylic acids is 2. The van der Waals surface area contributed by atoms with Gasteiger partial charge in [0.25, 0.3) is 5.91 Å². The van der Waals surface area contributed by atoms with Crippen LogP contribution in [0.5, 0.6) is 0 Å². The van der Waals surface area contributed by atoms with Crippen LogP contribution >= 0.6 is 34.8 Å². The molecule has 0 aliphatic carbocycles. The van der Waals surface area contributed by atoms with Crippen molar-refractivity contribution < 1.29 is 23.5 Å². The van der Waals surface area contributed by atoms with Gasteiger partial charge in [-0.3, -0.25) is 20.0 Å². The third kappa shape index (κ3) is 5.25. The van der Waals surface area contributed by atoms with Crippen LogP contribution in [-0.4, -0.2) is 70.3 Å². The standard InChI is InChI=1S/C30H28Cl3F2N7O3/c1-5-17(44)41-8-9-42-16(11-41)30(45)40(4)28-20(29(42)37)27(39-25-12(2)6-7-38-26(25)13(3)43)23(35)18(21(28)33)19-22(34)14(31)10-15(32)24(19)36/h5-7,10,13,16,37,39,43H,1,8-9,11,36H2,2-4H3. The van der Waals surface area contributed by atoms with Gasteiger partial charge in [-0.15, -0.1) is 0 Å². The number of likely N-dealkylation sites (N-methyl/N-ethyl adjacent to an activating group) is 1. The molecule has 236 valence electrons. The van der Waals surface area contributed by atoms with Crippen molar-refractivity contribution >= 4 is 75.2 Å². The number of aryl methyl sites for hydroxylation is 1. The SMILES string of the molecule is C=CC(=O)N1CCN2C(=N)c3c(Nc4c(C)ccnc4C(C)O)c(F)c(-c4c(N)c(Cl)cc(Cl)c4F)c(Cl)c3N(C)C(=O)C2C1. The van der Waals surface area contributed by atoms with E-state index in [0.717, 1.165) is 17.0 Å². The van der Waals surface area contributed by atoms with E-state index in [1.807, 2.05) is 0 Å². The number of nitrogen functional groups attached to an aromatic ring is 1. The van der Waals surface area contributed by atoms with Crippen molar-refractivity contribution in [3.8, 4) is 11.1 Å². The molecule has 0 bridgehead atoms. The summed E-state index contributed by atoms with van der Waals surface area (Å²) in [5.74, 6) is -3.49. The van der Waals surface area contributed by atoms with Crippen molar-refractivity contribution in [2.75, 3.05) is 42.6 Å². The summed E-state index contributed by atoms with van der Waals surface area (Å²) in [5, 5.41) is 21.7. The van der Waals surface area contributed by atoms with E-state index in [1.165, 1.54) is 30.0 Å². The minimum Gasteiger partial charge on any atom is -0.397 e. The summed E-state index contributed by atoms with van der Waals surface area (Å²) in [6.45, 7) is 6.81. The lowest BCUT2D eigenvalue weighted by atomic mass is 9.95. The number of hydrogen-bond donors (Lipinski definition) is 4. The zero-order valence-electron chi connectivity index (χ0n) is 24.3. The molecule has 0 saturated carbocycles. The molecular formula is C30H28Cl3F2N7O3. The number of benzene rings is 2. The third-order valence-corrected chi connectivity index (χ3v) is 8.94. The van der Waals surface area contributed by atoms with Gasteiger partial charge in [-0.25, -0.2) is 8.78 Å². The maximum Gasteiger partial charge on any atom is 0.251 e. The first-order valence-electron chi connectivity index (χ1n) is 13.6. The monoisotopic (exact) mass is 677 g/mol. The first kappa shape index (κ1) is 32.4. The molecule has 0 radical (unpaired) electrons. The molecule has 2 unspecified atom stereocenters. The van der Waals surface area contributed by atoms with Crippen LogP contribution in [0.4, 0.5) is 31.5 Å². The number of aliphatic hydroxyl groups is 1. The van der Waals surface area contributed by atoms with Gasteiger partial charge in [0.2, 0.25) is 5.91 Å². The maximum atomic E-state index is 17.1. The molecule has 2 atom stereocenters. The molecule has 2 aliphatic rings. The molecule has 2 aromatic carbocycles. The zero-order chi connectivity index (χ0) is 33.1. The van der Waals surface area contributed by atoms with Crippen molar-refractivity contribution in [3.63, 3.8) is 0 Å². The van der Waals surface area contributed by atoms with Gasteiger partial charge >= 0.3 is 0 Å². The van der Waals surface area contributed by atoms with E-state index < -0.39 is 56.8 Å². The van der Waals surface area contributed by atoms with Crippen LogP contribution < -0.4 is 16.0 Å². The fraction of sp³-hybridized carbons (Fsp3) is 0.267. The minimum absolute atomic E-state index is 0.0544. The van der Waals surface area contributed by atoms with Gasteiger partial charge in [0.1, 0.15) is 11.9 Å². The van der Waals surface area contributed by atoms with E-state index in [9.17, 15) is 20.1 Å². The summed E-state index contributed by atoms with van der Waals surface area (Å²) >= 11 is 19.2. The zero-order valence-corrected chi connectivity index (χ0v) is 26.6. The molecule has 3 aromatic rings. The smallest absolute Gasteiger partial charge is 0.251 e. The predicted molar refractivity (Wildman–Crippen MR) is 172 cm³/mol. The highest BCUT2D eigenvalue weighted by Gasteiger charge is 2.44. The summed E-state index contributed by atoms with van der Waals surface area (Å²) in [6.07, 6.45) is 1.51. The number of nitrogens with one attached hydrogen (secondary N) is 2. The number of nitrogens with two attached hydrogens (primary N) is 1. The number of rotatable bonds is 5. The van der Waals surface area contributed by atoms with Gasteiger partial charge in [-0.1, -0.05) is 41.4 Å². The lowest BCUT2D eigenvalue weighted by Gasteiger charge is -2.40. The van der Waals surface area contributed by atoms with E-state index in [4.69, 9.17) is 40.5 Å². The third-order valence-electron chi connectivity index (χ3n) is 7.99. The van der Waals surface area contributed by atoms with Crippen LogP contribution in [0.1, 0.15) is 29.8 Å². The Morgan fingerprint density at radius 2 is 1.89 bits per heavy atom. The Morgan fingerprint density at radius 1 is 1.20 bits per heavy atom. The Kier molecular flexibility index (Phi) is 8.71. The van der Waals surface area contributed by atoms with Gasteiger partial charge in [-0.05, 0) is 37.6 Å². The number of nitrogens with zero attached hydrogens (tertiary/aromatic N) is 4. The number of amides is 2. The second-order valence-electron chi connectivity index (χ2n) is 10.7. The molecular weight excluding hydrogens is 651 g/mol. The number of pyridine rings is 1. The number of carbonyl (C=O) groups is 2. The van der Waals surface area contributed by atoms with Crippen molar-refractivity contribution in [3.05, 3.63) is 74.5 Å². The van der Waals surface area contributed by atoms with E-state index >= 15 is 8.78 Å². The molecule has 5 N–H and O–H groups in total. The van der Waals surface area contributed by atoms with E-state index in [2.05, 4.69) is 16.9 Å². The largest absolute Gasteiger partial charge is 0.397 e. The van der Waals surface area contributed by atoms with Crippen LogP contribution in [0.3, 0.4) is 0 Å². The van der Waals surface area contributed by atoms with Crippen LogP contribution in [0.2, 0.25) is 15.1 Å². The highest BCUT2D eigenvalue weighted by atomic mass is 35.5. The van der Waals surface area contributed by atoms with Gasteiger partial charge in [0, 0.05) is 37.5 Å². The minimum atomic E-state index is -1.13. The number of aromatic nitrogens is 1. The van der Waals surface area contributed by atoms with Crippen molar-refractivity contribution in [1.82, 2.24) is 14.8 Å². The number of piperazine rings is 1. The second kappa shape index (κ2) is 12.1. The molecule has 5 rings (SSSR count). The molecule has 2 amide bonds. The summed E-state index contributed by atoms with van der Waals surface area (Å²) < 4.78 is 32.8. The van der Waals surface area contributed by atoms with Crippen molar-refractivity contribution in [2.24, 2.45) is 0 Å². The number of halogens is 5. The van der Waals surface area contributed by atoms with E-state index in [1.54, 1.807) is 13.0 Å². The molecule has 1 saturated heterocycles. The van der Waals surface area contributed by atoms with Crippen molar-refractivity contribution in [2.45, 2.75) is 26.0 Å². The fourth-order valence-electron chi connectivity index (χ4n) is 5.67. The van der Waals surface area contributed by atoms with E-state index in [0.29, 0.717) is 5.56 Å². The van der Waals surface area contributed by atoms with Gasteiger partial charge in [0.15, 0.2) is 11.6 Å². The fourth-order valence-corrected chi connectivity index (χ4v) is 6.53. The van der Waals surface area contributed by atoms with Crippen molar-refractivity contribution in [1.29, 1.82) is 5.41 Å². The Hall–Kier alpha value is -3.97. The maximum absolute atomic E-state index is 17.1. The summed E-state index contributed by atoms with van der Waals surface area (Å²) in [6, 6.07) is 1.65. The van der Waals surface area contributed by atoms with Crippen LogP contribution in [0.25, 0.3) is 11.1 Å². The Morgan fingerprint density at radius 3 is 2.53 bits per heavy atom. The Labute approximate surface area is 272 Å². The van der Waals surface area contributed by atoms with Gasteiger partial charge in [0.05, 0.1) is 61.7 Å². The summed E-state index contributed by atoms with van der Waals surface area (Å²) in [4.78, 5) is 34.7. The Balaban J connectivity index is 1.87. The molecule has 10 nitrogen and oxygen atoms in total. The van der Waals surface area contributed by atoms with Crippen LogP contribution in [-0.2, 0) is 9.59 Å². The summed E-state index contributed by atoms with van der Waals surface area (Å²) in [5.41, 5.74) is 5.00. The average Bonchev–Trinajstić information content (AvgIpc) is 3.08. The number of anilines is 4. The summed E-state index contributed by atoms with van der Waals surface area (Å²) in [7, 11) is 1.38.